The van der Waals surface area contributed by atoms with Crippen LogP contribution in [0, 0.1) is 0 Å². The fourth-order valence-corrected chi connectivity index (χ4v) is 1.09. The van der Waals surface area contributed by atoms with Gasteiger partial charge < -0.3 is 10.1 Å². The maximum Gasteiger partial charge on any atom is 0.0559 e. The quantitative estimate of drug-likeness (QED) is 0.503. The summed E-state index contributed by atoms with van der Waals surface area (Å²) in [6.45, 7) is 14.1. The lowest BCUT2D eigenvalue weighted by Gasteiger charge is -2.22. The first-order valence-electron chi connectivity index (χ1n) is 5.43. The summed E-state index contributed by atoms with van der Waals surface area (Å²) in [5.41, 5.74) is 0.209. The molecule has 0 aliphatic carbocycles. The first-order chi connectivity index (χ1) is 6.45. The average molecular weight is 199 g/mol. The molecule has 0 heterocycles. The molecule has 0 aromatic rings. The highest BCUT2D eigenvalue weighted by Crippen LogP contribution is 2.01. The van der Waals surface area contributed by atoms with Crippen LogP contribution in [0.25, 0.3) is 0 Å². The van der Waals surface area contributed by atoms with Gasteiger partial charge in [-0.15, -0.1) is 6.58 Å². The second kappa shape index (κ2) is 7.02. The van der Waals surface area contributed by atoms with Gasteiger partial charge >= 0.3 is 0 Å². The third-order valence-electron chi connectivity index (χ3n) is 1.93. The van der Waals surface area contributed by atoms with Gasteiger partial charge in [0.2, 0.25) is 0 Å². The Morgan fingerprint density at radius 1 is 1.43 bits per heavy atom. The molecule has 0 amide bonds. The monoisotopic (exact) mass is 199 g/mol. The van der Waals surface area contributed by atoms with Crippen LogP contribution < -0.4 is 5.32 Å². The van der Waals surface area contributed by atoms with Crippen molar-refractivity contribution < 1.29 is 4.74 Å². The normalized spacial score (nSPS) is 14.0. The molecule has 14 heavy (non-hydrogen) atoms. The highest BCUT2D eigenvalue weighted by Gasteiger charge is 2.09. The molecule has 1 atom stereocenters. The van der Waals surface area contributed by atoms with Gasteiger partial charge in [-0.3, -0.25) is 0 Å². The highest BCUT2D eigenvalue weighted by molar-refractivity contribution is 4.71. The summed E-state index contributed by atoms with van der Waals surface area (Å²) < 4.78 is 5.59. The number of hydrogen-bond donors (Lipinski definition) is 1. The van der Waals surface area contributed by atoms with Gasteiger partial charge in [-0.2, -0.15) is 0 Å². The van der Waals surface area contributed by atoms with Gasteiger partial charge in [0.25, 0.3) is 0 Å². The van der Waals surface area contributed by atoms with Crippen molar-refractivity contribution in [3.8, 4) is 0 Å². The van der Waals surface area contributed by atoms with E-state index in [4.69, 9.17) is 4.74 Å². The molecule has 0 fully saturated rings. The molecule has 0 aliphatic rings. The van der Waals surface area contributed by atoms with Crippen molar-refractivity contribution >= 4 is 0 Å². The molecule has 2 heteroatoms. The molecule has 1 N–H and O–H groups in total. The maximum absolute atomic E-state index is 5.59. The van der Waals surface area contributed by atoms with Crippen LogP contribution >= 0.6 is 0 Å². The number of rotatable bonds is 7. The molecule has 0 bridgehead atoms. The van der Waals surface area contributed by atoms with Gasteiger partial charge in [-0.25, -0.2) is 0 Å². The number of ether oxygens (including phenoxy) is 1. The lowest BCUT2D eigenvalue weighted by molar-refractivity contribution is 0.0627. The molecule has 0 aromatic carbocycles. The topological polar surface area (TPSA) is 21.3 Å². The molecular formula is C12H25NO. The molecular weight excluding hydrogens is 174 g/mol. The van der Waals surface area contributed by atoms with E-state index in [1.165, 1.54) is 0 Å². The Labute approximate surface area is 88.7 Å². The largest absolute Gasteiger partial charge is 0.378 e. The third kappa shape index (κ3) is 9.75. The van der Waals surface area contributed by atoms with E-state index in [1.54, 1.807) is 0 Å². The molecule has 0 rings (SSSR count). The number of nitrogens with one attached hydrogen (secondary N) is 1. The highest BCUT2D eigenvalue weighted by atomic mass is 16.5. The van der Waals surface area contributed by atoms with Gasteiger partial charge in [0.05, 0.1) is 12.7 Å². The zero-order chi connectivity index (χ0) is 11.0. The molecule has 0 saturated heterocycles. The molecule has 2 nitrogen and oxygen atoms in total. The van der Waals surface area contributed by atoms with Crippen molar-refractivity contribution in [2.45, 2.75) is 52.2 Å². The molecule has 0 spiro atoms. The minimum absolute atomic E-state index is 0.209. The summed E-state index contributed by atoms with van der Waals surface area (Å²) in [7, 11) is 0. The zero-order valence-corrected chi connectivity index (χ0v) is 10.1. The molecule has 0 radical (unpaired) electrons. The smallest absolute Gasteiger partial charge is 0.0559 e. The van der Waals surface area contributed by atoms with Crippen molar-refractivity contribution in [3.05, 3.63) is 12.7 Å². The van der Waals surface area contributed by atoms with Crippen LogP contribution in [0.3, 0.4) is 0 Å². The molecule has 0 aromatic heterocycles. The van der Waals surface area contributed by atoms with Crippen molar-refractivity contribution in [2.75, 3.05) is 13.2 Å². The predicted molar refractivity (Wildman–Crippen MR) is 62.6 cm³/mol. The molecule has 0 saturated carbocycles. The minimum Gasteiger partial charge on any atom is -0.378 e. The van der Waals surface area contributed by atoms with E-state index < -0.39 is 0 Å². The van der Waals surface area contributed by atoms with Crippen LogP contribution in [0.15, 0.2) is 12.7 Å². The lowest BCUT2D eigenvalue weighted by Crippen LogP contribution is -2.37. The summed E-state index contributed by atoms with van der Waals surface area (Å²) in [6, 6.07) is 0. The fourth-order valence-electron chi connectivity index (χ4n) is 1.09. The second-order valence-electron chi connectivity index (χ2n) is 4.72. The van der Waals surface area contributed by atoms with Crippen LogP contribution in [0.5, 0.6) is 0 Å². The first-order valence-corrected chi connectivity index (χ1v) is 5.43. The summed E-state index contributed by atoms with van der Waals surface area (Å²) in [6.07, 6.45) is 4.23. The van der Waals surface area contributed by atoms with Crippen molar-refractivity contribution in [2.24, 2.45) is 0 Å². The SMILES string of the molecule is C=CCCOC(C)CCNC(C)(C)C. The average Bonchev–Trinajstić information content (AvgIpc) is 2.02. The molecule has 0 aliphatic heterocycles. The van der Waals surface area contributed by atoms with Crippen LogP contribution in [-0.4, -0.2) is 24.8 Å². The summed E-state index contributed by atoms with van der Waals surface area (Å²) in [5, 5.41) is 3.44. The summed E-state index contributed by atoms with van der Waals surface area (Å²) in [4.78, 5) is 0. The standard InChI is InChI=1S/C12H25NO/c1-6-7-10-14-11(2)8-9-13-12(3,4)5/h6,11,13H,1,7-10H2,2-5H3. The van der Waals surface area contributed by atoms with E-state index in [2.05, 4.69) is 39.6 Å². The third-order valence-corrected chi connectivity index (χ3v) is 1.93. The Balaban J connectivity index is 3.35. The van der Waals surface area contributed by atoms with Crippen molar-refractivity contribution in [3.63, 3.8) is 0 Å². The van der Waals surface area contributed by atoms with Gasteiger partial charge in [-0.05, 0) is 47.1 Å². The van der Waals surface area contributed by atoms with Gasteiger partial charge in [0.15, 0.2) is 0 Å². The van der Waals surface area contributed by atoms with Gasteiger partial charge in [-0.1, -0.05) is 6.08 Å². The summed E-state index contributed by atoms with van der Waals surface area (Å²) in [5.74, 6) is 0. The minimum atomic E-state index is 0.209. The molecule has 1 unspecified atom stereocenters. The van der Waals surface area contributed by atoms with E-state index in [0.29, 0.717) is 6.10 Å². The Morgan fingerprint density at radius 2 is 2.07 bits per heavy atom. The Bertz CT molecular complexity index is 149. The zero-order valence-electron chi connectivity index (χ0n) is 10.1. The Kier molecular flexibility index (Phi) is 6.85. The van der Waals surface area contributed by atoms with Crippen LogP contribution in [0.1, 0.15) is 40.5 Å². The van der Waals surface area contributed by atoms with E-state index in [1.807, 2.05) is 6.08 Å². The maximum atomic E-state index is 5.59. The Hall–Kier alpha value is -0.340. The first kappa shape index (κ1) is 13.7. The van der Waals surface area contributed by atoms with Crippen LogP contribution in [0.4, 0.5) is 0 Å². The molecule has 84 valence electrons. The second-order valence-corrected chi connectivity index (χ2v) is 4.72. The fraction of sp³-hybridized carbons (Fsp3) is 0.833. The lowest BCUT2D eigenvalue weighted by atomic mass is 10.1. The van der Waals surface area contributed by atoms with Crippen LogP contribution in [-0.2, 0) is 4.74 Å². The number of hydrogen-bond acceptors (Lipinski definition) is 2. The van der Waals surface area contributed by atoms with E-state index in [-0.39, 0.29) is 5.54 Å². The Morgan fingerprint density at radius 3 is 2.57 bits per heavy atom. The predicted octanol–water partition coefficient (Wildman–Crippen LogP) is 2.75. The van der Waals surface area contributed by atoms with Crippen molar-refractivity contribution in [1.29, 1.82) is 0 Å². The van der Waals surface area contributed by atoms with E-state index in [0.717, 1.165) is 26.0 Å². The van der Waals surface area contributed by atoms with Crippen molar-refractivity contribution in [1.82, 2.24) is 5.32 Å². The van der Waals surface area contributed by atoms with Gasteiger partial charge in [0.1, 0.15) is 0 Å². The van der Waals surface area contributed by atoms with Gasteiger partial charge in [0, 0.05) is 5.54 Å². The summed E-state index contributed by atoms with van der Waals surface area (Å²) >= 11 is 0. The van der Waals surface area contributed by atoms with E-state index >= 15 is 0 Å². The van der Waals surface area contributed by atoms with E-state index in [9.17, 15) is 0 Å². The van der Waals surface area contributed by atoms with Crippen LogP contribution in [0.2, 0.25) is 0 Å².